The Kier molecular flexibility index (Phi) is 2.87. The molecule has 1 N–H and O–H groups in total. The van der Waals surface area contributed by atoms with Crippen LogP contribution in [0.2, 0.25) is 0 Å². The molecule has 0 saturated carbocycles. The first-order valence-electron chi connectivity index (χ1n) is 5.52. The quantitative estimate of drug-likeness (QED) is 0.777. The lowest BCUT2D eigenvalue weighted by atomic mass is 10.1. The van der Waals surface area contributed by atoms with E-state index in [1.54, 1.807) is 0 Å². The Hall–Kier alpha value is -0.830. The molecular weight excluding hydrogens is 174 g/mol. The number of piperidine rings is 1. The third kappa shape index (κ3) is 1.98. The van der Waals surface area contributed by atoms with Crippen LogP contribution in [0.5, 0.6) is 0 Å². The fraction of sp³-hybridized carbons (Fsp3) is 0.727. The SMILES string of the molecule is CC(C)c1cnn(C2CCNCC2)c1. The molecular formula is C11H19N3. The third-order valence-electron chi connectivity index (χ3n) is 2.97. The van der Waals surface area contributed by atoms with Gasteiger partial charge in [0.25, 0.3) is 0 Å². The molecule has 0 aromatic carbocycles. The molecule has 1 aromatic heterocycles. The van der Waals surface area contributed by atoms with Crippen LogP contribution < -0.4 is 5.32 Å². The molecule has 1 fully saturated rings. The molecule has 1 aliphatic heterocycles. The highest BCUT2D eigenvalue weighted by molar-refractivity contribution is 5.09. The van der Waals surface area contributed by atoms with E-state index in [2.05, 4.69) is 35.1 Å². The van der Waals surface area contributed by atoms with Gasteiger partial charge < -0.3 is 5.32 Å². The van der Waals surface area contributed by atoms with Crippen molar-refractivity contribution in [3.63, 3.8) is 0 Å². The first-order chi connectivity index (χ1) is 6.77. The summed E-state index contributed by atoms with van der Waals surface area (Å²) in [5.41, 5.74) is 1.35. The fourth-order valence-corrected chi connectivity index (χ4v) is 1.92. The first-order valence-corrected chi connectivity index (χ1v) is 5.52. The van der Waals surface area contributed by atoms with Gasteiger partial charge in [0.15, 0.2) is 0 Å². The maximum atomic E-state index is 4.45. The van der Waals surface area contributed by atoms with Crippen molar-refractivity contribution >= 4 is 0 Å². The minimum Gasteiger partial charge on any atom is -0.317 e. The van der Waals surface area contributed by atoms with Gasteiger partial charge in [-0.3, -0.25) is 4.68 Å². The van der Waals surface area contributed by atoms with Gasteiger partial charge in [0.1, 0.15) is 0 Å². The molecule has 0 amide bonds. The molecule has 0 radical (unpaired) electrons. The van der Waals surface area contributed by atoms with Crippen LogP contribution in [-0.4, -0.2) is 22.9 Å². The number of nitrogens with zero attached hydrogens (tertiary/aromatic N) is 2. The van der Waals surface area contributed by atoms with Crippen LogP contribution in [0.1, 0.15) is 44.2 Å². The molecule has 0 spiro atoms. The van der Waals surface area contributed by atoms with Crippen LogP contribution in [0, 0.1) is 0 Å². The molecule has 14 heavy (non-hydrogen) atoms. The van der Waals surface area contributed by atoms with Crippen molar-refractivity contribution < 1.29 is 0 Å². The normalized spacial score (nSPS) is 19.1. The van der Waals surface area contributed by atoms with Crippen LogP contribution in [0.15, 0.2) is 12.4 Å². The Morgan fingerprint density at radius 1 is 1.43 bits per heavy atom. The molecule has 1 aromatic rings. The van der Waals surface area contributed by atoms with E-state index >= 15 is 0 Å². The molecule has 0 aliphatic carbocycles. The van der Waals surface area contributed by atoms with Gasteiger partial charge in [0.05, 0.1) is 12.2 Å². The summed E-state index contributed by atoms with van der Waals surface area (Å²) in [5.74, 6) is 0.588. The lowest BCUT2D eigenvalue weighted by molar-refractivity contribution is 0.343. The highest BCUT2D eigenvalue weighted by Gasteiger charge is 2.15. The Labute approximate surface area is 85.5 Å². The zero-order valence-electron chi connectivity index (χ0n) is 9.03. The van der Waals surface area contributed by atoms with Crippen molar-refractivity contribution in [3.8, 4) is 0 Å². The first kappa shape index (κ1) is 9.71. The van der Waals surface area contributed by atoms with E-state index in [0.29, 0.717) is 12.0 Å². The zero-order chi connectivity index (χ0) is 9.97. The lowest BCUT2D eigenvalue weighted by Crippen LogP contribution is -2.29. The van der Waals surface area contributed by atoms with Crippen LogP contribution in [-0.2, 0) is 0 Å². The number of hydrogen-bond donors (Lipinski definition) is 1. The summed E-state index contributed by atoms with van der Waals surface area (Å²) in [6, 6.07) is 0.615. The number of aromatic nitrogens is 2. The van der Waals surface area contributed by atoms with Crippen molar-refractivity contribution in [3.05, 3.63) is 18.0 Å². The van der Waals surface area contributed by atoms with E-state index in [0.717, 1.165) is 13.1 Å². The summed E-state index contributed by atoms with van der Waals surface area (Å²) in [5, 5.41) is 7.82. The largest absolute Gasteiger partial charge is 0.317 e. The van der Waals surface area contributed by atoms with E-state index in [-0.39, 0.29) is 0 Å². The molecule has 78 valence electrons. The van der Waals surface area contributed by atoms with Crippen molar-refractivity contribution in [1.82, 2.24) is 15.1 Å². The molecule has 1 saturated heterocycles. The van der Waals surface area contributed by atoms with E-state index in [1.807, 2.05) is 6.20 Å². The Morgan fingerprint density at radius 2 is 2.14 bits per heavy atom. The molecule has 3 heteroatoms. The maximum absolute atomic E-state index is 4.45. The average molecular weight is 193 g/mol. The molecule has 0 atom stereocenters. The second-order valence-electron chi connectivity index (χ2n) is 4.39. The summed E-state index contributed by atoms with van der Waals surface area (Å²) in [6.07, 6.45) is 6.63. The summed E-state index contributed by atoms with van der Waals surface area (Å²) in [6.45, 7) is 6.68. The van der Waals surface area contributed by atoms with Gasteiger partial charge in [-0.2, -0.15) is 5.10 Å². The molecule has 2 rings (SSSR count). The Balaban J connectivity index is 2.07. The number of rotatable bonds is 2. The summed E-state index contributed by atoms with van der Waals surface area (Å²) >= 11 is 0. The standard InChI is InChI=1S/C11H19N3/c1-9(2)10-7-13-14(8-10)11-3-5-12-6-4-11/h7-9,11-12H,3-6H2,1-2H3. The predicted octanol–water partition coefficient (Wildman–Crippen LogP) is 1.93. The van der Waals surface area contributed by atoms with E-state index in [1.165, 1.54) is 18.4 Å². The predicted molar refractivity (Wildman–Crippen MR) is 57.5 cm³/mol. The topological polar surface area (TPSA) is 29.9 Å². The van der Waals surface area contributed by atoms with Crippen LogP contribution in [0.4, 0.5) is 0 Å². The summed E-state index contributed by atoms with van der Waals surface area (Å²) in [4.78, 5) is 0. The van der Waals surface area contributed by atoms with Gasteiger partial charge in [0.2, 0.25) is 0 Å². The average Bonchev–Trinajstić information content (AvgIpc) is 2.68. The fourth-order valence-electron chi connectivity index (χ4n) is 1.92. The van der Waals surface area contributed by atoms with Crippen LogP contribution in [0.3, 0.4) is 0 Å². The van der Waals surface area contributed by atoms with Crippen LogP contribution >= 0.6 is 0 Å². The monoisotopic (exact) mass is 193 g/mol. The Bertz CT molecular complexity index is 284. The number of hydrogen-bond acceptors (Lipinski definition) is 2. The van der Waals surface area contributed by atoms with Gasteiger partial charge in [-0.15, -0.1) is 0 Å². The molecule has 0 unspecified atom stereocenters. The highest BCUT2D eigenvalue weighted by atomic mass is 15.3. The van der Waals surface area contributed by atoms with Gasteiger partial charge >= 0.3 is 0 Å². The van der Waals surface area contributed by atoms with Gasteiger partial charge in [-0.1, -0.05) is 13.8 Å². The van der Waals surface area contributed by atoms with Crippen molar-refractivity contribution in [2.24, 2.45) is 0 Å². The van der Waals surface area contributed by atoms with E-state index < -0.39 is 0 Å². The van der Waals surface area contributed by atoms with Crippen molar-refractivity contribution in [2.75, 3.05) is 13.1 Å². The summed E-state index contributed by atoms with van der Waals surface area (Å²) < 4.78 is 2.15. The van der Waals surface area contributed by atoms with Gasteiger partial charge in [-0.05, 0) is 37.4 Å². The van der Waals surface area contributed by atoms with Crippen LogP contribution in [0.25, 0.3) is 0 Å². The summed E-state index contributed by atoms with van der Waals surface area (Å²) in [7, 11) is 0. The second kappa shape index (κ2) is 4.13. The zero-order valence-corrected chi connectivity index (χ0v) is 9.03. The van der Waals surface area contributed by atoms with E-state index in [4.69, 9.17) is 0 Å². The highest BCUT2D eigenvalue weighted by Crippen LogP contribution is 2.20. The maximum Gasteiger partial charge on any atom is 0.0543 e. The van der Waals surface area contributed by atoms with Gasteiger partial charge in [0, 0.05) is 6.20 Å². The van der Waals surface area contributed by atoms with Gasteiger partial charge in [-0.25, -0.2) is 0 Å². The molecule has 2 heterocycles. The minimum absolute atomic E-state index is 0.588. The molecule has 3 nitrogen and oxygen atoms in total. The van der Waals surface area contributed by atoms with Crippen molar-refractivity contribution in [2.45, 2.75) is 38.6 Å². The van der Waals surface area contributed by atoms with E-state index in [9.17, 15) is 0 Å². The molecule has 1 aliphatic rings. The Morgan fingerprint density at radius 3 is 2.71 bits per heavy atom. The van der Waals surface area contributed by atoms with Crippen molar-refractivity contribution in [1.29, 1.82) is 0 Å². The smallest absolute Gasteiger partial charge is 0.0543 e. The molecule has 0 bridgehead atoms. The second-order valence-corrected chi connectivity index (χ2v) is 4.39. The minimum atomic E-state index is 0.588. The number of nitrogens with one attached hydrogen (secondary N) is 1. The third-order valence-corrected chi connectivity index (χ3v) is 2.97. The lowest BCUT2D eigenvalue weighted by Gasteiger charge is -2.22.